The first kappa shape index (κ1) is 12.6. The second kappa shape index (κ2) is 5.71. The van der Waals surface area contributed by atoms with Gasteiger partial charge in [0.2, 0.25) is 0 Å². The second-order valence-corrected chi connectivity index (χ2v) is 2.71. The van der Waals surface area contributed by atoms with Gasteiger partial charge in [-0.15, -0.1) is 12.4 Å². The fourth-order valence-corrected chi connectivity index (χ4v) is 1.12. The quantitative estimate of drug-likeness (QED) is 0.721. The Morgan fingerprint density at radius 1 is 1.30 bits per heavy atom. The van der Waals surface area contributed by atoms with Crippen LogP contribution >= 0.6 is 28.3 Å². The van der Waals surface area contributed by atoms with Crippen molar-refractivity contribution < 1.29 is 0 Å². The van der Waals surface area contributed by atoms with Crippen molar-refractivity contribution in [3.8, 4) is 0 Å². The normalized spacial score (nSPS) is 7.40. The molecular weight excluding hydrogens is 213 g/mol. The molecule has 0 amide bonds. The molecule has 0 aliphatic heterocycles. The van der Waals surface area contributed by atoms with E-state index in [0.29, 0.717) is 0 Å². The summed E-state index contributed by atoms with van der Waals surface area (Å²) < 4.78 is 1.15. The van der Waals surface area contributed by atoms with Gasteiger partial charge in [-0.05, 0) is 19.1 Å². The number of hydrogen-bond donors (Lipinski definition) is 1. The Labute approximate surface area is 76.0 Å². The van der Waals surface area contributed by atoms with E-state index in [-0.39, 0.29) is 18.6 Å². The maximum Gasteiger partial charge on any atom is 0.0177 e. The maximum atomic E-state index is 3.36. The van der Waals surface area contributed by atoms with Crippen LogP contribution in [-0.2, 0) is 0 Å². The molecule has 0 aliphatic carbocycles. The van der Waals surface area contributed by atoms with Crippen LogP contribution < -0.4 is 6.15 Å². The lowest BCUT2D eigenvalue weighted by atomic mass is 10.2. The Morgan fingerprint density at radius 2 is 1.90 bits per heavy atom. The second-order valence-electron chi connectivity index (χ2n) is 1.80. The summed E-state index contributed by atoms with van der Waals surface area (Å²) in [6.07, 6.45) is 0. The van der Waals surface area contributed by atoms with Crippen molar-refractivity contribution in [2.45, 2.75) is 6.92 Å². The molecule has 0 radical (unpaired) electrons. The number of rotatable bonds is 0. The molecular formula is C7H11BrClN. The molecule has 10 heavy (non-hydrogen) atoms. The van der Waals surface area contributed by atoms with E-state index in [4.69, 9.17) is 0 Å². The Morgan fingerprint density at radius 3 is 2.20 bits per heavy atom. The number of hydrogen-bond acceptors (Lipinski definition) is 1. The van der Waals surface area contributed by atoms with Crippen LogP contribution in [0.25, 0.3) is 0 Å². The topological polar surface area (TPSA) is 35.0 Å². The van der Waals surface area contributed by atoms with Crippen molar-refractivity contribution >= 4 is 28.3 Å². The van der Waals surface area contributed by atoms with Crippen LogP contribution in [0.3, 0.4) is 0 Å². The van der Waals surface area contributed by atoms with Crippen molar-refractivity contribution in [3.05, 3.63) is 34.3 Å². The van der Waals surface area contributed by atoms with Gasteiger partial charge in [-0.3, -0.25) is 0 Å². The van der Waals surface area contributed by atoms with E-state index in [9.17, 15) is 0 Å². The van der Waals surface area contributed by atoms with Crippen LogP contribution in [0, 0.1) is 6.92 Å². The summed E-state index contributed by atoms with van der Waals surface area (Å²) in [6.45, 7) is 2.07. The van der Waals surface area contributed by atoms with Crippen molar-refractivity contribution in [3.63, 3.8) is 0 Å². The molecule has 1 aromatic rings. The molecule has 0 fully saturated rings. The van der Waals surface area contributed by atoms with E-state index in [0.717, 1.165) is 4.47 Å². The molecule has 0 heterocycles. The van der Waals surface area contributed by atoms with Crippen molar-refractivity contribution in [1.29, 1.82) is 0 Å². The average molecular weight is 225 g/mol. The Balaban J connectivity index is 0. The van der Waals surface area contributed by atoms with E-state index in [1.807, 2.05) is 12.1 Å². The molecule has 0 saturated heterocycles. The molecule has 3 N–H and O–H groups in total. The number of halogens is 2. The molecule has 1 nitrogen and oxygen atoms in total. The summed E-state index contributed by atoms with van der Waals surface area (Å²) in [6, 6.07) is 8.21. The van der Waals surface area contributed by atoms with E-state index in [1.54, 1.807) is 0 Å². The molecule has 1 aromatic carbocycles. The van der Waals surface area contributed by atoms with E-state index >= 15 is 0 Å². The summed E-state index contributed by atoms with van der Waals surface area (Å²) in [5, 5.41) is 0. The molecule has 1 rings (SSSR count). The molecule has 0 aliphatic rings. The molecule has 0 unspecified atom stereocenters. The molecule has 0 atom stereocenters. The summed E-state index contributed by atoms with van der Waals surface area (Å²) in [7, 11) is 0. The summed E-state index contributed by atoms with van der Waals surface area (Å²) >= 11 is 3.36. The molecule has 0 saturated carbocycles. The molecule has 58 valence electrons. The van der Waals surface area contributed by atoms with Crippen molar-refractivity contribution in [2.75, 3.05) is 0 Å². The van der Waals surface area contributed by atoms with Crippen LogP contribution in [-0.4, -0.2) is 0 Å². The molecule has 3 heteroatoms. The molecule has 0 aromatic heterocycles. The van der Waals surface area contributed by atoms with Gasteiger partial charge in [0, 0.05) is 4.47 Å². The SMILES string of the molecule is Cc1cccc(Br)c1.Cl.N. The van der Waals surface area contributed by atoms with Gasteiger partial charge in [-0.25, -0.2) is 0 Å². The van der Waals surface area contributed by atoms with Gasteiger partial charge in [0.05, 0.1) is 0 Å². The maximum absolute atomic E-state index is 3.36. The summed E-state index contributed by atoms with van der Waals surface area (Å²) in [4.78, 5) is 0. The third-order valence-electron chi connectivity index (χ3n) is 0.980. The third kappa shape index (κ3) is 3.88. The minimum Gasteiger partial charge on any atom is -0.344 e. The van der Waals surface area contributed by atoms with Gasteiger partial charge in [-0.2, -0.15) is 0 Å². The summed E-state index contributed by atoms with van der Waals surface area (Å²) in [5.41, 5.74) is 1.29. The van der Waals surface area contributed by atoms with Gasteiger partial charge < -0.3 is 6.15 Å². The van der Waals surface area contributed by atoms with Crippen LogP contribution in [0.15, 0.2) is 28.7 Å². The van der Waals surface area contributed by atoms with Crippen LogP contribution in [0.1, 0.15) is 5.56 Å². The van der Waals surface area contributed by atoms with E-state index in [2.05, 4.69) is 35.0 Å². The first-order valence-electron chi connectivity index (χ1n) is 2.51. The highest BCUT2D eigenvalue weighted by Crippen LogP contribution is 2.09. The standard InChI is InChI=1S/C7H7Br.ClH.H3N/c1-6-3-2-4-7(8)5-6;;/h2-5H,1H3;1H;1H3. The molecule has 0 spiro atoms. The van der Waals surface area contributed by atoms with Gasteiger partial charge in [-0.1, -0.05) is 33.6 Å². The zero-order chi connectivity index (χ0) is 5.98. The van der Waals surface area contributed by atoms with Gasteiger partial charge in [0.1, 0.15) is 0 Å². The zero-order valence-electron chi connectivity index (χ0n) is 5.80. The van der Waals surface area contributed by atoms with Crippen molar-refractivity contribution in [2.24, 2.45) is 0 Å². The Bertz CT molecular complexity index is 173. The highest BCUT2D eigenvalue weighted by atomic mass is 79.9. The van der Waals surface area contributed by atoms with Crippen LogP contribution in [0.5, 0.6) is 0 Å². The number of benzene rings is 1. The lowest BCUT2D eigenvalue weighted by Crippen LogP contribution is -1.67. The van der Waals surface area contributed by atoms with Gasteiger partial charge in [0.25, 0.3) is 0 Å². The van der Waals surface area contributed by atoms with Crippen LogP contribution in [0.2, 0.25) is 0 Å². The minimum atomic E-state index is 0. The van der Waals surface area contributed by atoms with Gasteiger partial charge in [0.15, 0.2) is 0 Å². The fourth-order valence-electron chi connectivity index (χ4n) is 0.606. The smallest absolute Gasteiger partial charge is 0.0177 e. The Hall–Kier alpha value is -0.0500. The highest BCUT2D eigenvalue weighted by Gasteiger charge is 1.82. The number of aryl methyl sites for hydroxylation is 1. The predicted molar refractivity (Wildman–Crippen MR) is 51.1 cm³/mol. The van der Waals surface area contributed by atoms with E-state index < -0.39 is 0 Å². The zero-order valence-corrected chi connectivity index (χ0v) is 8.21. The van der Waals surface area contributed by atoms with Crippen LogP contribution in [0.4, 0.5) is 0 Å². The monoisotopic (exact) mass is 223 g/mol. The van der Waals surface area contributed by atoms with Crippen molar-refractivity contribution in [1.82, 2.24) is 6.15 Å². The summed E-state index contributed by atoms with van der Waals surface area (Å²) in [5.74, 6) is 0. The van der Waals surface area contributed by atoms with E-state index in [1.165, 1.54) is 5.56 Å². The average Bonchev–Trinajstić information content (AvgIpc) is 1.64. The highest BCUT2D eigenvalue weighted by molar-refractivity contribution is 9.10. The van der Waals surface area contributed by atoms with Gasteiger partial charge >= 0.3 is 0 Å². The minimum absolute atomic E-state index is 0. The first-order chi connectivity index (χ1) is 3.79. The fraction of sp³-hybridized carbons (Fsp3) is 0.143. The lowest BCUT2D eigenvalue weighted by molar-refractivity contribution is 1.45. The Kier molecular flexibility index (Phi) is 7.21. The molecule has 0 bridgehead atoms. The third-order valence-corrected chi connectivity index (χ3v) is 1.47. The first-order valence-corrected chi connectivity index (χ1v) is 3.30. The largest absolute Gasteiger partial charge is 0.344 e. The predicted octanol–water partition coefficient (Wildman–Crippen LogP) is 3.34. The lowest BCUT2D eigenvalue weighted by Gasteiger charge is -1.89.